The number of rotatable bonds is 2. The number of carbonyl (C=O) groups is 2. The molecule has 0 aromatic rings. The molecule has 0 spiro atoms. The van der Waals surface area contributed by atoms with Crippen LogP contribution in [0.1, 0.15) is 6.92 Å². The summed E-state index contributed by atoms with van der Waals surface area (Å²) in [7, 11) is 0. The van der Waals surface area contributed by atoms with Crippen LogP contribution in [-0.2, 0) is 14.3 Å². The molecule has 1 atom stereocenters. The van der Waals surface area contributed by atoms with Crippen molar-refractivity contribution in [1.29, 1.82) is 0 Å². The number of ether oxygens (including phenoxy) is 1. The topological polar surface area (TPSA) is 43.4 Å². The smallest absolute Gasteiger partial charge is 0.347 e. The van der Waals surface area contributed by atoms with Gasteiger partial charge >= 0.3 is 12.4 Å². The quantitative estimate of drug-likeness (QED) is 0.293. The molecule has 3 nitrogen and oxygen atoms in total. The Kier molecular flexibility index (Phi) is 2.76. The van der Waals surface area contributed by atoms with E-state index in [1.807, 2.05) is 0 Å². The minimum absolute atomic E-state index is 0.0988. The Morgan fingerprint density at radius 2 is 2.38 bits per heavy atom. The first-order valence-electron chi connectivity index (χ1n) is 1.96. The van der Waals surface area contributed by atoms with Gasteiger partial charge in [0.25, 0.3) is 0 Å². The highest BCUT2D eigenvalue weighted by Gasteiger charge is 2.10. The van der Waals surface area contributed by atoms with Gasteiger partial charge in [-0.3, -0.25) is 4.79 Å². The zero-order valence-electron chi connectivity index (χ0n) is 4.26. The van der Waals surface area contributed by atoms with E-state index in [9.17, 15) is 14.0 Å². The van der Waals surface area contributed by atoms with Crippen molar-refractivity contribution in [3.63, 3.8) is 0 Å². The zero-order valence-corrected chi connectivity index (χ0v) is 4.26. The number of carbonyl (C=O) groups excluding carboxylic acids is 2. The summed E-state index contributed by atoms with van der Waals surface area (Å²) in [6.45, 7) is 0.893. The van der Waals surface area contributed by atoms with Crippen LogP contribution in [0.2, 0.25) is 0 Å². The molecule has 1 unspecified atom stereocenters. The normalized spacial score (nSPS) is 12.2. The summed E-state index contributed by atoms with van der Waals surface area (Å²) in [6.07, 6.45) is -1.72. The highest BCUT2D eigenvalue weighted by molar-refractivity contribution is 5.79. The van der Waals surface area contributed by atoms with Crippen LogP contribution in [0, 0.1) is 0 Å². The van der Waals surface area contributed by atoms with Crippen LogP contribution in [0.4, 0.5) is 4.39 Å². The van der Waals surface area contributed by atoms with Crippen molar-refractivity contribution in [1.82, 2.24) is 0 Å². The Balaban J connectivity index is 3.48. The first-order chi connectivity index (χ1) is 3.68. The molecule has 0 saturated carbocycles. The lowest BCUT2D eigenvalue weighted by Crippen LogP contribution is -2.13. The summed E-state index contributed by atoms with van der Waals surface area (Å²) < 4.78 is 15.3. The fraction of sp³-hybridized carbons (Fsp3) is 0.500. The molecule has 0 aliphatic carbocycles. The minimum Gasteiger partial charge on any atom is -0.393 e. The highest BCUT2D eigenvalue weighted by Crippen LogP contribution is 1.88. The van der Waals surface area contributed by atoms with Crippen molar-refractivity contribution in [2.45, 2.75) is 13.1 Å². The van der Waals surface area contributed by atoms with Gasteiger partial charge in [0, 0.05) is 0 Å². The van der Waals surface area contributed by atoms with Crippen molar-refractivity contribution >= 4 is 12.4 Å². The number of alkyl halides is 1. The Bertz CT molecular complexity index is 99.5. The number of halogens is 1. The van der Waals surface area contributed by atoms with Crippen molar-refractivity contribution in [3.8, 4) is 0 Å². The van der Waals surface area contributed by atoms with Crippen molar-refractivity contribution < 1.29 is 18.7 Å². The summed E-state index contributed by atoms with van der Waals surface area (Å²) in [5.74, 6) is -1.15. The van der Waals surface area contributed by atoms with Crippen LogP contribution in [-0.4, -0.2) is 18.6 Å². The van der Waals surface area contributed by atoms with Gasteiger partial charge in [0.05, 0.1) is 0 Å². The summed E-state index contributed by atoms with van der Waals surface area (Å²) in [5.41, 5.74) is 0. The molecule has 0 aromatic carbocycles. The molecule has 0 saturated heterocycles. The Labute approximate surface area is 45.4 Å². The van der Waals surface area contributed by atoms with Gasteiger partial charge < -0.3 is 4.74 Å². The molecule has 0 bridgehead atoms. The maximum Gasteiger partial charge on any atom is 0.347 e. The van der Waals surface area contributed by atoms with E-state index in [1.54, 1.807) is 0 Å². The van der Waals surface area contributed by atoms with Gasteiger partial charge in [-0.1, -0.05) is 0 Å². The second-order valence-corrected chi connectivity index (χ2v) is 1.15. The molecule has 0 N–H and O–H groups in total. The Morgan fingerprint density at radius 1 is 1.88 bits per heavy atom. The molecular weight excluding hydrogens is 115 g/mol. The van der Waals surface area contributed by atoms with E-state index in [-0.39, 0.29) is 6.47 Å². The lowest BCUT2D eigenvalue weighted by atomic mass is 10.5. The SMILES string of the molecule is CC(F)C(=O)OC=O. The van der Waals surface area contributed by atoms with Gasteiger partial charge in [0.1, 0.15) is 0 Å². The molecular formula is C4H5FO3. The first kappa shape index (κ1) is 7.07. The number of hydrogen-bond donors (Lipinski definition) is 0. The van der Waals surface area contributed by atoms with Gasteiger partial charge in [-0.2, -0.15) is 0 Å². The van der Waals surface area contributed by atoms with Gasteiger partial charge in [-0.05, 0) is 6.92 Å². The number of esters is 1. The van der Waals surface area contributed by atoms with Gasteiger partial charge in [0.2, 0.25) is 0 Å². The second-order valence-electron chi connectivity index (χ2n) is 1.15. The van der Waals surface area contributed by atoms with Crippen LogP contribution in [0.15, 0.2) is 0 Å². The van der Waals surface area contributed by atoms with E-state index >= 15 is 0 Å². The summed E-state index contributed by atoms with van der Waals surface area (Å²) >= 11 is 0. The maximum atomic E-state index is 11.6. The summed E-state index contributed by atoms with van der Waals surface area (Å²) in [5, 5.41) is 0. The molecule has 0 heterocycles. The summed E-state index contributed by atoms with van der Waals surface area (Å²) in [6, 6.07) is 0. The van der Waals surface area contributed by atoms with Crippen molar-refractivity contribution in [2.75, 3.05) is 0 Å². The second kappa shape index (κ2) is 3.12. The van der Waals surface area contributed by atoms with E-state index in [2.05, 4.69) is 4.74 Å². The van der Waals surface area contributed by atoms with Gasteiger partial charge in [-0.15, -0.1) is 0 Å². The monoisotopic (exact) mass is 120 g/mol. The van der Waals surface area contributed by atoms with Gasteiger partial charge in [0.15, 0.2) is 6.17 Å². The van der Waals surface area contributed by atoms with Crippen LogP contribution >= 0.6 is 0 Å². The molecule has 4 heteroatoms. The highest BCUT2D eigenvalue weighted by atomic mass is 19.1. The first-order valence-corrected chi connectivity index (χ1v) is 1.96. The molecule has 46 valence electrons. The van der Waals surface area contributed by atoms with Gasteiger partial charge in [-0.25, -0.2) is 9.18 Å². The Hall–Kier alpha value is -0.930. The molecule has 0 amide bonds. The van der Waals surface area contributed by atoms with Crippen LogP contribution in [0.25, 0.3) is 0 Å². The van der Waals surface area contributed by atoms with E-state index in [4.69, 9.17) is 0 Å². The predicted octanol–water partition coefficient (Wildman–Crippen LogP) is 0.0440. The largest absolute Gasteiger partial charge is 0.393 e. The van der Waals surface area contributed by atoms with Crippen LogP contribution in [0.3, 0.4) is 0 Å². The van der Waals surface area contributed by atoms with E-state index in [0.29, 0.717) is 0 Å². The lowest BCUT2D eigenvalue weighted by Gasteiger charge is -1.93. The minimum atomic E-state index is -1.72. The molecule has 0 aliphatic rings. The third-order valence-electron chi connectivity index (χ3n) is 0.489. The molecule has 0 rings (SSSR count). The fourth-order valence-corrected chi connectivity index (χ4v) is 0.141. The average Bonchev–Trinajstić information content (AvgIpc) is 1.67. The molecule has 0 fully saturated rings. The number of hydrogen-bond acceptors (Lipinski definition) is 3. The molecule has 0 aromatic heterocycles. The maximum absolute atomic E-state index is 11.6. The lowest BCUT2D eigenvalue weighted by molar-refractivity contribution is -0.155. The average molecular weight is 120 g/mol. The molecule has 0 aliphatic heterocycles. The van der Waals surface area contributed by atoms with E-state index in [1.165, 1.54) is 0 Å². The Morgan fingerprint density at radius 3 is 2.50 bits per heavy atom. The van der Waals surface area contributed by atoms with E-state index in [0.717, 1.165) is 6.92 Å². The van der Waals surface area contributed by atoms with Crippen LogP contribution < -0.4 is 0 Å². The zero-order chi connectivity index (χ0) is 6.57. The third-order valence-corrected chi connectivity index (χ3v) is 0.489. The van der Waals surface area contributed by atoms with Crippen LogP contribution in [0.5, 0.6) is 0 Å². The summed E-state index contributed by atoms with van der Waals surface area (Å²) in [4.78, 5) is 19.2. The fourth-order valence-electron chi connectivity index (χ4n) is 0.141. The molecule has 8 heavy (non-hydrogen) atoms. The van der Waals surface area contributed by atoms with Crippen molar-refractivity contribution in [3.05, 3.63) is 0 Å². The molecule has 0 radical (unpaired) electrons. The standard InChI is InChI=1S/C4H5FO3/c1-3(5)4(7)8-2-6/h2-3H,1H3. The van der Waals surface area contributed by atoms with E-state index < -0.39 is 12.1 Å². The van der Waals surface area contributed by atoms with Crippen molar-refractivity contribution in [2.24, 2.45) is 0 Å². The predicted molar refractivity (Wildman–Crippen MR) is 22.7 cm³/mol. The third kappa shape index (κ3) is 2.28.